The molecule has 0 aromatic heterocycles. The Bertz CT molecular complexity index is 686. The number of rotatable bonds is 6. The number of nitrogens with one attached hydrogen (secondary N) is 1. The summed E-state index contributed by atoms with van der Waals surface area (Å²) in [6, 6.07) is 16.2. The first-order chi connectivity index (χ1) is 12.2. The second-order valence-electron chi connectivity index (χ2n) is 6.48. The van der Waals surface area contributed by atoms with Crippen LogP contribution in [0.2, 0.25) is 0 Å². The molecule has 1 aliphatic heterocycles. The van der Waals surface area contributed by atoms with Crippen LogP contribution in [0.1, 0.15) is 39.5 Å². The monoisotopic (exact) mass is 354 g/mol. The molecule has 1 atom stereocenters. The summed E-state index contributed by atoms with van der Waals surface area (Å²) in [7, 11) is 0. The summed E-state index contributed by atoms with van der Waals surface area (Å²) < 4.78 is 0. The van der Waals surface area contributed by atoms with Gasteiger partial charge in [0.1, 0.15) is 0 Å². The molecule has 0 radical (unpaired) electrons. The van der Waals surface area contributed by atoms with E-state index in [4.69, 9.17) is 0 Å². The van der Waals surface area contributed by atoms with Crippen molar-refractivity contribution in [2.45, 2.75) is 49.3 Å². The van der Waals surface area contributed by atoms with Crippen LogP contribution in [0.3, 0.4) is 0 Å². The molecule has 1 heterocycles. The number of hydrogen-bond donors (Lipinski definition) is 1. The molecule has 1 aliphatic rings. The van der Waals surface area contributed by atoms with E-state index in [0.29, 0.717) is 5.92 Å². The van der Waals surface area contributed by atoms with Gasteiger partial charge in [-0.2, -0.15) is 0 Å². The molecule has 0 spiro atoms. The largest absolute Gasteiger partial charge is 0.337 e. The highest BCUT2D eigenvalue weighted by atomic mass is 32.2. The summed E-state index contributed by atoms with van der Waals surface area (Å²) in [6.45, 7) is 5.16. The van der Waals surface area contributed by atoms with Crippen LogP contribution in [0.5, 0.6) is 0 Å². The van der Waals surface area contributed by atoms with Gasteiger partial charge in [0.05, 0.1) is 11.4 Å². The fraction of sp³-hybridized carbons (Fsp3) is 0.381. The van der Waals surface area contributed by atoms with Crippen molar-refractivity contribution >= 4 is 29.2 Å². The van der Waals surface area contributed by atoms with E-state index in [1.807, 2.05) is 41.3 Å². The highest BCUT2D eigenvalue weighted by molar-refractivity contribution is 7.99. The number of para-hydroxylation sites is 2. The van der Waals surface area contributed by atoms with Crippen molar-refractivity contribution < 1.29 is 4.79 Å². The standard InChI is InChI=1S/C21H26N2OS/c1-3-5-10-16(4-2)15-22-21(24)23-17-11-6-8-13-19(17)25-20-14-9-7-12-18(20)23/h6-9,11-14,16H,3-5,10,15H2,1-2H3,(H,22,24)/t16-/m1/s1. The Hall–Kier alpha value is -1.94. The molecule has 2 aromatic rings. The normalized spacial score (nSPS) is 13.8. The fourth-order valence-corrected chi connectivity index (χ4v) is 4.24. The zero-order valence-corrected chi connectivity index (χ0v) is 15.8. The second-order valence-corrected chi connectivity index (χ2v) is 7.56. The van der Waals surface area contributed by atoms with Gasteiger partial charge in [0.25, 0.3) is 0 Å². The van der Waals surface area contributed by atoms with E-state index >= 15 is 0 Å². The van der Waals surface area contributed by atoms with Gasteiger partial charge < -0.3 is 5.32 Å². The fourth-order valence-electron chi connectivity index (χ4n) is 3.18. The number of nitrogens with zero attached hydrogens (tertiary/aromatic N) is 1. The maximum atomic E-state index is 13.0. The predicted octanol–water partition coefficient (Wildman–Crippen LogP) is 6.22. The van der Waals surface area contributed by atoms with Crippen LogP contribution in [0.15, 0.2) is 58.3 Å². The molecular formula is C21H26N2OS. The highest BCUT2D eigenvalue weighted by Crippen LogP contribution is 2.47. The Labute approximate surface area is 154 Å². The summed E-state index contributed by atoms with van der Waals surface area (Å²) >= 11 is 1.72. The molecule has 0 saturated carbocycles. The summed E-state index contributed by atoms with van der Waals surface area (Å²) in [4.78, 5) is 17.1. The summed E-state index contributed by atoms with van der Waals surface area (Å²) in [6.07, 6.45) is 4.70. The Kier molecular flexibility index (Phi) is 6.03. The number of benzene rings is 2. The maximum absolute atomic E-state index is 13.0. The SMILES string of the molecule is CCCC[C@@H](CC)CNC(=O)N1c2ccccc2Sc2ccccc21. The number of carbonyl (C=O) groups excluding carboxylic acids is 1. The predicted molar refractivity (Wildman–Crippen MR) is 106 cm³/mol. The zero-order chi connectivity index (χ0) is 17.6. The minimum Gasteiger partial charge on any atom is -0.337 e. The minimum absolute atomic E-state index is 0.0323. The molecular weight excluding hydrogens is 328 g/mol. The van der Waals surface area contributed by atoms with Crippen molar-refractivity contribution in [1.82, 2.24) is 5.32 Å². The van der Waals surface area contributed by atoms with Gasteiger partial charge in [-0.05, 0) is 36.6 Å². The van der Waals surface area contributed by atoms with Crippen LogP contribution < -0.4 is 10.2 Å². The molecule has 25 heavy (non-hydrogen) atoms. The third-order valence-electron chi connectivity index (χ3n) is 4.72. The second kappa shape index (κ2) is 8.43. The number of urea groups is 1. The average molecular weight is 355 g/mol. The molecule has 0 unspecified atom stereocenters. The third-order valence-corrected chi connectivity index (χ3v) is 5.85. The molecule has 3 nitrogen and oxygen atoms in total. The molecule has 0 saturated heterocycles. The van der Waals surface area contributed by atoms with Gasteiger partial charge in [-0.3, -0.25) is 4.90 Å². The summed E-state index contributed by atoms with van der Waals surface area (Å²) in [5.74, 6) is 0.550. The number of fused-ring (bicyclic) bond motifs is 2. The van der Waals surface area contributed by atoms with Crippen molar-refractivity contribution in [3.8, 4) is 0 Å². The van der Waals surface area contributed by atoms with Gasteiger partial charge in [0.15, 0.2) is 0 Å². The Morgan fingerprint density at radius 3 is 2.20 bits per heavy atom. The number of unbranched alkanes of at least 4 members (excludes halogenated alkanes) is 1. The van der Waals surface area contributed by atoms with Crippen molar-refractivity contribution in [2.75, 3.05) is 11.4 Å². The zero-order valence-electron chi connectivity index (χ0n) is 15.0. The molecule has 0 aliphatic carbocycles. The van der Waals surface area contributed by atoms with Crippen molar-refractivity contribution in [2.24, 2.45) is 5.92 Å². The molecule has 1 N–H and O–H groups in total. The van der Waals surface area contributed by atoms with E-state index in [0.717, 1.165) is 34.1 Å². The Morgan fingerprint density at radius 1 is 1.04 bits per heavy atom. The lowest BCUT2D eigenvalue weighted by molar-refractivity contribution is 0.245. The summed E-state index contributed by atoms with van der Waals surface area (Å²) in [5.41, 5.74) is 1.93. The molecule has 0 bridgehead atoms. The molecule has 132 valence electrons. The van der Waals surface area contributed by atoms with Crippen LogP contribution in [-0.2, 0) is 0 Å². The van der Waals surface area contributed by atoms with E-state index in [1.54, 1.807) is 11.8 Å². The topological polar surface area (TPSA) is 32.3 Å². The number of amides is 2. The van der Waals surface area contributed by atoms with Crippen LogP contribution in [0.4, 0.5) is 16.2 Å². The first-order valence-electron chi connectivity index (χ1n) is 9.18. The number of carbonyl (C=O) groups is 1. The van der Waals surface area contributed by atoms with E-state index in [-0.39, 0.29) is 6.03 Å². The van der Waals surface area contributed by atoms with Gasteiger partial charge in [0.2, 0.25) is 0 Å². The van der Waals surface area contributed by atoms with Crippen LogP contribution in [-0.4, -0.2) is 12.6 Å². The van der Waals surface area contributed by atoms with Crippen LogP contribution >= 0.6 is 11.8 Å². The minimum atomic E-state index is -0.0323. The van der Waals surface area contributed by atoms with Crippen LogP contribution in [0, 0.1) is 5.92 Å². The summed E-state index contributed by atoms with van der Waals surface area (Å²) in [5, 5.41) is 3.17. The first-order valence-corrected chi connectivity index (χ1v) is 10.00. The third kappa shape index (κ3) is 4.01. The van der Waals surface area contributed by atoms with E-state index in [2.05, 4.69) is 31.3 Å². The van der Waals surface area contributed by atoms with Gasteiger partial charge in [-0.15, -0.1) is 0 Å². The van der Waals surface area contributed by atoms with E-state index < -0.39 is 0 Å². The lowest BCUT2D eigenvalue weighted by Crippen LogP contribution is -2.40. The van der Waals surface area contributed by atoms with Crippen molar-refractivity contribution in [1.29, 1.82) is 0 Å². The van der Waals surface area contributed by atoms with Gasteiger partial charge >= 0.3 is 6.03 Å². The van der Waals surface area contributed by atoms with Gasteiger partial charge in [-0.25, -0.2) is 4.79 Å². The molecule has 2 amide bonds. The van der Waals surface area contributed by atoms with Crippen molar-refractivity contribution in [3.05, 3.63) is 48.5 Å². The Morgan fingerprint density at radius 2 is 1.64 bits per heavy atom. The smallest absolute Gasteiger partial charge is 0.326 e. The average Bonchev–Trinajstić information content (AvgIpc) is 2.66. The highest BCUT2D eigenvalue weighted by Gasteiger charge is 2.27. The molecule has 3 rings (SSSR count). The molecule has 2 aromatic carbocycles. The maximum Gasteiger partial charge on any atom is 0.326 e. The number of anilines is 2. The first kappa shape index (κ1) is 17.9. The van der Waals surface area contributed by atoms with Crippen molar-refractivity contribution in [3.63, 3.8) is 0 Å². The Balaban J connectivity index is 1.80. The van der Waals surface area contributed by atoms with Gasteiger partial charge in [0, 0.05) is 16.3 Å². The number of hydrogen-bond acceptors (Lipinski definition) is 2. The van der Waals surface area contributed by atoms with E-state index in [1.165, 1.54) is 19.3 Å². The molecule has 0 fully saturated rings. The quantitative estimate of drug-likeness (QED) is 0.668. The lowest BCUT2D eigenvalue weighted by Gasteiger charge is -2.31. The van der Waals surface area contributed by atoms with Gasteiger partial charge in [-0.1, -0.05) is 69.1 Å². The van der Waals surface area contributed by atoms with Crippen LogP contribution in [0.25, 0.3) is 0 Å². The van der Waals surface area contributed by atoms with E-state index in [9.17, 15) is 4.79 Å². The lowest BCUT2D eigenvalue weighted by atomic mass is 9.99. The molecule has 4 heteroatoms.